The summed E-state index contributed by atoms with van der Waals surface area (Å²) in [7, 11) is 0. The van der Waals surface area contributed by atoms with E-state index in [0.29, 0.717) is 11.5 Å². The number of halogens is 2. The van der Waals surface area contributed by atoms with Crippen LogP contribution in [0, 0.1) is 19.7 Å². The van der Waals surface area contributed by atoms with E-state index < -0.39 is 17.8 Å². The Morgan fingerprint density at radius 1 is 1.00 bits per heavy atom. The molecule has 0 bridgehead atoms. The van der Waals surface area contributed by atoms with Crippen LogP contribution in [0.15, 0.2) is 72.8 Å². The summed E-state index contributed by atoms with van der Waals surface area (Å²) in [5, 5.41) is 10.4. The number of aromatic nitrogens is 2. The number of carbonyl (C=O) groups is 2. The monoisotopic (exact) mass is 533 g/mol. The minimum atomic E-state index is -0.584. The SMILES string of the molecule is Cc1ccccc1-n1nc(C)c(-c2ccccc2)c1NC(=O)CN(C(=O)Nc1ccc(F)c(Cl)c1)C(C)C. The first-order valence-corrected chi connectivity index (χ1v) is 12.6. The normalized spacial score (nSPS) is 10.9. The van der Waals surface area contributed by atoms with Crippen molar-refractivity contribution in [1.29, 1.82) is 0 Å². The number of para-hydroxylation sites is 1. The number of nitrogens with zero attached hydrogens (tertiary/aromatic N) is 3. The van der Waals surface area contributed by atoms with Gasteiger partial charge >= 0.3 is 6.03 Å². The number of urea groups is 1. The van der Waals surface area contributed by atoms with Crippen molar-refractivity contribution < 1.29 is 14.0 Å². The fraction of sp³-hybridized carbons (Fsp3) is 0.207. The molecule has 2 N–H and O–H groups in total. The summed E-state index contributed by atoms with van der Waals surface area (Å²) in [6.07, 6.45) is 0. The van der Waals surface area contributed by atoms with Crippen LogP contribution in [0.3, 0.4) is 0 Å². The Bertz CT molecular complexity index is 1470. The zero-order valence-electron chi connectivity index (χ0n) is 21.6. The van der Waals surface area contributed by atoms with E-state index in [9.17, 15) is 14.0 Å². The molecule has 4 rings (SSSR count). The van der Waals surface area contributed by atoms with Crippen LogP contribution in [0.1, 0.15) is 25.1 Å². The highest BCUT2D eigenvalue weighted by molar-refractivity contribution is 6.31. The van der Waals surface area contributed by atoms with Gasteiger partial charge in [-0.3, -0.25) is 4.79 Å². The average molecular weight is 534 g/mol. The zero-order chi connectivity index (χ0) is 27.4. The van der Waals surface area contributed by atoms with E-state index >= 15 is 0 Å². The van der Waals surface area contributed by atoms with Crippen molar-refractivity contribution in [2.45, 2.75) is 33.7 Å². The Labute approximate surface area is 226 Å². The Balaban J connectivity index is 1.64. The molecule has 196 valence electrons. The highest BCUT2D eigenvalue weighted by Crippen LogP contribution is 2.34. The number of benzene rings is 3. The molecule has 7 nitrogen and oxygen atoms in total. The number of hydrogen-bond donors (Lipinski definition) is 2. The van der Waals surface area contributed by atoms with Crippen LogP contribution >= 0.6 is 11.6 Å². The van der Waals surface area contributed by atoms with E-state index in [1.165, 1.54) is 23.1 Å². The van der Waals surface area contributed by atoms with Gasteiger partial charge in [0.15, 0.2) is 0 Å². The fourth-order valence-electron chi connectivity index (χ4n) is 4.15. The van der Waals surface area contributed by atoms with Crippen LogP contribution in [0.25, 0.3) is 16.8 Å². The molecule has 0 aliphatic heterocycles. The number of nitrogens with one attached hydrogen (secondary N) is 2. The van der Waals surface area contributed by atoms with Gasteiger partial charge in [0.1, 0.15) is 18.2 Å². The lowest BCUT2D eigenvalue weighted by atomic mass is 10.1. The van der Waals surface area contributed by atoms with Gasteiger partial charge in [0.2, 0.25) is 5.91 Å². The Hall–Kier alpha value is -4.17. The fourth-order valence-corrected chi connectivity index (χ4v) is 4.33. The van der Waals surface area contributed by atoms with Crippen molar-refractivity contribution in [3.05, 3.63) is 94.9 Å². The average Bonchev–Trinajstić information content (AvgIpc) is 3.20. The predicted molar refractivity (Wildman–Crippen MR) is 149 cm³/mol. The maximum absolute atomic E-state index is 13.5. The number of anilines is 2. The van der Waals surface area contributed by atoms with Crippen LogP contribution in [0.2, 0.25) is 5.02 Å². The molecule has 4 aromatic rings. The largest absolute Gasteiger partial charge is 0.322 e. The maximum Gasteiger partial charge on any atom is 0.322 e. The number of amides is 3. The molecule has 0 radical (unpaired) electrons. The molecule has 0 aliphatic rings. The van der Waals surface area contributed by atoms with Crippen LogP contribution in [-0.4, -0.2) is 39.2 Å². The molecule has 0 fully saturated rings. The van der Waals surface area contributed by atoms with Crippen molar-refractivity contribution in [3.8, 4) is 16.8 Å². The van der Waals surface area contributed by atoms with Crippen molar-refractivity contribution in [1.82, 2.24) is 14.7 Å². The van der Waals surface area contributed by atoms with Crippen LogP contribution in [0.4, 0.5) is 20.7 Å². The van der Waals surface area contributed by atoms with Crippen LogP contribution < -0.4 is 10.6 Å². The van der Waals surface area contributed by atoms with Crippen molar-refractivity contribution in [3.63, 3.8) is 0 Å². The number of rotatable bonds is 7. The summed E-state index contributed by atoms with van der Waals surface area (Å²) in [4.78, 5) is 27.8. The lowest BCUT2D eigenvalue weighted by molar-refractivity contribution is -0.117. The molecule has 0 unspecified atom stereocenters. The van der Waals surface area contributed by atoms with E-state index in [1.807, 2.05) is 82.3 Å². The van der Waals surface area contributed by atoms with Gasteiger partial charge in [0.05, 0.1) is 16.4 Å². The molecule has 0 atom stereocenters. The molecule has 1 aromatic heterocycles. The highest BCUT2D eigenvalue weighted by atomic mass is 35.5. The minimum absolute atomic E-state index is 0.107. The molecule has 9 heteroatoms. The van der Waals surface area contributed by atoms with Crippen molar-refractivity contribution in [2.24, 2.45) is 0 Å². The van der Waals surface area contributed by atoms with E-state index in [2.05, 4.69) is 10.6 Å². The van der Waals surface area contributed by atoms with Crippen molar-refractivity contribution >= 4 is 35.0 Å². The first-order chi connectivity index (χ1) is 18.2. The van der Waals surface area contributed by atoms with Gasteiger partial charge < -0.3 is 15.5 Å². The van der Waals surface area contributed by atoms with E-state index in [0.717, 1.165) is 28.1 Å². The van der Waals surface area contributed by atoms with Crippen LogP contribution in [0.5, 0.6) is 0 Å². The number of hydrogen-bond acceptors (Lipinski definition) is 3. The summed E-state index contributed by atoms with van der Waals surface area (Å²) >= 11 is 5.85. The Morgan fingerprint density at radius 2 is 1.68 bits per heavy atom. The molecule has 0 aliphatic carbocycles. The van der Waals surface area contributed by atoms with Gasteiger partial charge in [-0.05, 0) is 63.1 Å². The quantitative estimate of drug-likeness (QED) is 0.273. The third kappa shape index (κ3) is 5.86. The second-order valence-corrected chi connectivity index (χ2v) is 9.61. The van der Waals surface area contributed by atoms with E-state index in [-0.39, 0.29) is 17.6 Å². The van der Waals surface area contributed by atoms with E-state index in [1.54, 1.807) is 4.68 Å². The van der Waals surface area contributed by atoms with Gasteiger partial charge in [0, 0.05) is 17.3 Å². The lowest BCUT2D eigenvalue weighted by Gasteiger charge is -2.26. The van der Waals surface area contributed by atoms with E-state index in [4.69, 9.17) is 16.7 Å². The minimum Gasteiger partial charge on any atom is -0.313 e. The number of aryl methyl sites for hydroxylation is 2. The first kappa shape index (κ1) is 26.9. The highest BCUT2D eigenvalue weighted by Gasteiger charge is 2.25. The molecule has 3 aromatic carbocycles. The summed E-state index contributed by atoms with van der Waals surface area (Å²) in [5.74, 6) is -0.458. The predicted octanol–water partition coefficient (Wildman–Crippen LogP) is 6.83. The molecule has 3 amide bonds. The summed E-state index contributed by atoms with van der Waals surface area (Å²) < 4.78 is 15.3. The topological polar surface area (TPSA) is 79.3 Å². The molecule has 0 saturated carbocycles. The second-order valence-electron chi connectivity index (χ2n) is 9.20. The van der Waals surface area contributed by atoms with Gasteiger partial charge in [-0.15, -0.1) is 0 Å². The van der Waals surface area contributed by atoms with Gasteiger partial charge in [-0.25, -0.2) is 13.9 Å². The molecular formula is C29H29ClFN5O2. The Morgan fingerprint density at radius 3 is 2.34 bits per heavy atom. The molecule has 1 heterocycles. The van der Waals surface area contributed by atoms with Gasteiger partial charge in [-0.1, -0.05) is 60.1 Å². The first-order valence-electron chi connectivity index (χ1n) is 12.2. The standard InChI is InChI=1S/C29H29ClFN5O2/c1-18(2)35(29(38)32-22-14-15-24(31)23(30)16-22)17-26(37)33-28-27(21-11-6-5-7-12-21)20(4)34-36(28)25-13-9-8-10-19(25)3/h5-16,18H,17H2,1-4H3,(H,32,38)(H,33,37). The molecular weight excluding hydrogens is 505 g/mol. The van der Waals surface area contributed by atoms with Crippen molar-refractivity contribution in [2.75, 3.05) is 17.2 Å². The van der Waals surface area contributed by atoms with Gasteiger partial charge in [-0.2, -0.15) is 5.10 Å². The van der Waals surface area contributed by atoms with Crippen LogP contribution in [-0.2, 0) is 4.79 Å². The lowest BCUT2D eigenvalue weighted by Crippen LogP contribution is -2.44. The van der Waals surface area contributed by atoms with Gasteiger partial charge in [0.25, 0.3) is 0 Å². The summed E-state index contributed by atoms with van der Waals surface area (Å²) in [6, 6.07) is 20.6. The zero-order valence-corrected chi connectivity index (χ0v) is 22.4. The molecule has 0 saturated heterocycles. The number of carbonyl (C=O) groups excluding carboxylic acids is 2. The summed E-state index contributed by atoms with van der Waals surface area (Å²) in [6.45, 7) is 7.27. The maximum atomic E-state index is 13.5. The smallest absolute Gasteiger partial charge is 0.313 e. The Kier molecular flexibility index (Phi) is 8.12. The second kappa shape index (κ2) is 11.5. The molecule has 0 spiro atoms. The summed E-state index contributed by atoms with van der Waals surface area (Å²) in [5.41, 5.74) is 4.61. The third-order valence-electron chi connectivity index (χ3n) is 6.09. The third-order valence-corrected chi connectivity index (χ3v) is 6.38. The molecule has 38 heavy (non-hydrogen) atoms.